The Morgan fingerprint density at radius 1 is 1.40 bits per heavy atom. The molecular formula is C16H23FO3. The van der Waals surface area contributed by atoms with Gasteiger partial charge in [0.15, 0.2) is 0 Å². The maximum absolute atomic E-state index is 13.5. The molecule has 0 amide bonds. The van der Waals surface area contributed by atoms with E-state index in [-0.39, 0.29) is 5.56 Å². The zero-order valence-corrected chi connectivity index (χ0v) is 12.2. The number of carboxylic acid groups (broad SMARTS) is 1. The summed E-state index contributed by atoms with van der Waals surface area (Å²) in [4.78, 5) is 10.7. The third-order valence-corrected chi connectivity index (χ3v) is 3.43. The van der Waals surface area contributed by atoms with E-state index in [9.17, 15) is 9.18 Å². The number of hydrogen-bond donors (Lipinski definition) is 1. The van der Waals surface area contributed by atoms with Gasteiger partial charge in [-0.2, -0.15) is 0 Å². The zero-order valence-electron chi connectivity index (χ0n) is 12.2. The minimum atomic E-state index is -1.25. The summed E-state index contributed by atoms with van der Waals surface area (Å²) in [5.41, 5.74) is 0.362. The highest BCUT2D eigenvalue weighted by atomic mass is 19.1. The van der Waals surface area contributed by atoms with Gasteiger partial charge in [-0.15, -0.1) is 0 Å². The second kappa shape index (κ2) is 8.69. The molecule has 20 heavy (non-hydrogen) atoms. The van der Waals surface area contributed by atoms with Gasteiger partial charge >= 0.3 is 5.97 Å². The molecule has 0 aliphatic carbocycles. The number of halogens is 1. The number of carbonyl (C=O) groups is 1. The minimum absolute atomic E-state index is 0.303. The van der Waals surface area contributed by atoms with Crippen molar-refractivity contribution in [1.82, 2.24) is 0 Å². The Morgan fingerprint density at radius 2 is 2.15 bits per heavy atom. The lowest BCUT2D eigenvalue weighted by Crippen LogP contribution is -2.09. The third-order valence-electron chi connectivity index (χ3n) is 3.43. The van der Waals surface area contributed by atoms with Crippen molar-refractivity contribution in [3.63, 3.8) is 0 Å². The predicted molar refractivity (Wildman–Crippen MR) is 76.3 cm³/mol. The molecule has 0 saturated carbocycles. The van der Waals surface area contributed by atoms with Gasteiger partial charge in [0.1, 0.15) is 5.82 Å². The van der Waals surface area contributed by atoms with Gasteiger partial charge in [0.25, 0.3) is 0 Å². The van der Waals surface area contributed by atoms with Crippen LogP contribution in [0.1, 0.15) is 55.5 Å². The van der Waals surface area contributed by atoms with Crippen LogP contribution in [0.3, 0.4) is 0 Å². The summed E-state index contributed by atoms with van der Waals surface area (Å²) in [6.07, 6.45) is 4.60. The molecule has 0 bridgehead atoms. The Bertz CT molecular complexity index is 432. The number of hydrogen-bond acceptors (Lipinski definition) is 2. The van der Waals surface area contributed by atoms with Crippen LogP contribution in [-0.4, -0.2) is 17.7 Å². The molecule has 0 spiro atoms. The Hall–Kier alpha value is -1.42. The molecule has 1 rings (SSSR count). The average molecular weight is 282 g/mol. The zero-order chi connectivity index (χ0) is 15.0. The Morgan fingerprint density at radius 3 is 2.70 bits per heavy atom. The fourth-order valence-corrected chi connectivity index (χ4v) is 2.06. The summed E-state index contributed by atoms with van der Waals surface area (Å²) in [7, 11) is 0. The molecule has 3 nitrogen and oxygen atoms in total. The van der Waals surface area contributed by atoms with Crippen molar-refractivity contribution in [2.75, 3.05) is 6.61 Å². The molecule has 0 heterocycles. The molecule has 1 aromatic carbocycles. The number of unbranched alkanes of at least 4 members (excludes halogenated alkanes) is 1. The Labute approximate surface area is 119 Å². The van der Waals surface area contributed by atoms with Crippen LogP contribution in [-0.2, 0) is 11.3 Å². The molecule has 4 heteroatoms. The van der Waals surface area contributed by atoms with E-state index in [4.69, 9.17) is 9.84 Å². The monoisotopic (exact) mass is 282 g/mol. The number of aromatic carboxylic acids is 1. The van der Waals surface area contributed by atoms with Crippen LogP contribution in [0.2, 0.25) is 0 Å². The molecule has 0 aromatic heterocycles. The van der Waals surface area contributed by atoms with E-state index in [1.165, 1.54) is 25.0 Å². The SMILES string of the molecule is CCCCC(CC)COCc1ccc(C(=O)O)c(F)c1. The summed E-state index contributed by atoms with van der Waals surface area (Å²) >= 11 is 0. The molecule has 1 atom stereocenters. The van der Waals surface area contributed by atoms with Crippen LogP contribution in [0.5, 0.6) is 0 Å². The normalized spacial score (nSPS) is 12.3. The van der Waals surface area contributed by atoms with Gasteiger partial charge in [-0.3, -0.25) is 0 Å². The highest BCUT2D eigenvalue weighted by molar-refractivity contribution is 5.87. The van der Waals surface area contributed by atoms with E-state index < -0.39 is 11.8 Å². The van der Waals surface area contributed by atoms with Crippen molar-refractivity contribution in [3.05, 3.63) is 35.1 Å². The molecule has 0 aliphatic heterocycles. The molecule has 1 aromatic rings. The van der Waals surface area contributed by atoms with Gasteiger partial charge in [-0.1, -0.05) is 39.2 Å². The highest BCUT2D eigenvalue weighted by Crippen LogP contribution is 2.15. The van der Waals surface area contributed by atoms with E-state index in [1.54, 1.807) is 6.07 Å². The first-order chi connectivity index (χ1) is 9.58. The lowest BCUT2D eigenvalue weighted by molar-refractivity contribution is 0.0690. The maximum atomic E-state index is 13.5. The predicted octanol–water partition coefficient (Wildman–Crippen LogP) is 4.26. The van der Waals surface area contributed by atoms with Gasteiger partial charge in [-0.25, -0.2) is 9.18 Å². The summed E-state index contributed by atoms with van der Waals surface area (Å²) in [6.45, 7) is 5.30. The number of carboxylic acids is 1. The van der Waals surface area contributed by atoms with Crippen molar-refractivity contribution in [1.29, 1.82) is 0 Å². The molecule has 0 fully saturated rings. The minimum Gasteiger partial charge on any atom is -0.478 e. The first-order valence-electron chi connectivity index (χ1n) is 7.17. The van der Waals surface area contributed by atoms with E-state index in [1.807, 2.05) is 0 Å². The van der Waals surface area contributed by atoms with Crippen molar-refractivity contribution in [2.24, 2.45) is 5.92 Å². The fourth-order valence-electron chi connectivity index (χ4n) is 2.06. The van der Waals surface area contributed by atoms with Gasteiger partial charge in [0.05, 0.1) is 12.2 Å². The largest absolute Gasteiger partial charge is 0.478 e. The Balaban J connectivity index is 2.45. The number of benzene rings is 1. The van der Waals surface area contributed by atoms with Crippen LogP contribution in [0.25, 0.3) is 0 Å². The van der Waals surface area contributed by atoms with Crippen molar-refractivity contribution >= 4 is 5.97 Å². The van der Waals surface area contributed by atoms with E-state index in [0.717, 1.165) is 12.8 Å². The summed E-state index contributed by atoms with van der Waals surface area (Å²) in [5.74, 6) is -1.42. The standard InChI is InChI=1S/C16H23FO3/c1-3-5-6-12(4-2)10-20-11-13-7-8-14(16(18)19)15(17)9-13/h7-9,12H,3-6,10-11H2,1-2H3,(H,18,19). The molecular weight excluding hydrogens is 259 g/mol. The van der Waals surface area contributed by atoms with Crippen molar-refractivity contribution in [3.8, 4) is 0 Å². The molecule has 0 aliphatic rings. The molecule has 1 N–H and O–H groups in total. The van der Waals surface area contributed by atoms with Crippen LogP contribution in [0, 0.1) is 11.7 Å². The quantitative estimate of drug-likeness (QED) is 0.736. The van der Waals surface area contributed by atoms with Crippen molar-refractivity contribution < 1.29 is 19.0 Å². The molecule has 1 unspecified atom stereocenters. The van der Waals surface area contributed by atoms with Crippen molar-refractivity contribution in [2.45, 2.75) is 46.1 Å². The van der Waals surface area contributed by atoms with Gasteiger partial charge < -0.3 is 9.84 Å². The second-order valence-electron chi connectivity index (χ2n) is 5.05. The Kier molecular flexibility index (Phi) is 7.23. The van der Waals surface area contributed by atoms with Crippen LogP contribution < -0.4 is 0 Å². The lowest BCUT2D eigenvalue weighted by atomic mass is 10.0. The van der Waals surface area contributed by atoms with Crippen LogP contribution in [0.15, 0.2) is 18.2 Å². The fraction of sp³-hybridized carbons (Fsp3) is 0.562. The van der Waals surface area contributed by atoms with E-state index in [2.05, 4.69) is 13.8 Å². The number of ether oxygens (including phenoxy) is 1. The lowest BCUT2D eigenvalue weighted by Gasteiger charge is -2.14. The molecule has 0 radical (unpaired) electrons. The molecule has 0 saturated heterocycles. The van der Waals surface area contributed by atoms with Gasteiger partial charge in [0, 0.05) is 6.61 Å². The second-order valence-corrected chi connectivity index (χ2v) is 5.05. The van der Waals surface area contributed by atoms with Gasteiger partial charge in [0.2, 0.25) is 0 Å². The van der Waals surface area contributed by atoms with Crippen LogP contribution in [0.4, 0.5) is 4.39 Å². The maximum Gasteiger partial charge on any atom is 0.338 e. The summed E-state index contributed by atoms with van der Waals surface area (Å²) in [6, 6.07) is 4.11. The summed E-state index contributed by atoms with van der Waals surface area (Å²) in [5, 5.41) is 8.75. The first kappa shape index (κ1) is 16.6. The summed E-state index contributed by atoms with van der Waals surface area (Å²) < 4.78 is 19.1. The molecule has 112 valence electrons. The average Bonchev–Trinajstić information content (AvgIpc) is 2.42. The smallest absolute Gasteiger partial charge is 0.338 e. The topological polar surface area (TPSA) is 46.5 Å². The van der Waals surface area contributed by atoms with E-state index in [0.29, 0.717) is 24.7 Å². The van der Waals surface area contributed by atoms with E-state index >= 15 is 0 Å². The van der Waals surface area contributed by atoms with Gasteiger partial charge in [-0.05, 0) is 30.0 Å². The highest BCUT2D eigenvalue weighted by Gasteiger charge is 2.11. The third kappa shape index (κ3) is 5.29. The van der Waals surface area contributed by atoms with Crippen LogP contribution >= 0.6 is 0 Å². The number of rotatable bonds is 9. The first-order valence-corrected chi connectivity index (χ1v) is 7.17.